The molecular weight excluding hydrogens is 456 g/mol. The molecule has 1 aromatic heterocycles. The zero-order valence-corrected chi connectivity index (χ0v) is 20.9. The summed E-state index contributed by atoms with van der Waals surface area (Å²) in [7, 11) is 1.88. The van der Waals surface area contributed by atoms with E-state index in [-0.39, 0.29) is 23.8 Å². The molecule has 9 heteroatoms. The molecule has 0 unspecified atom stereocenters. The highest BCUT2D eigenvalue weighted by Gasteiger charge is 2.67. The normalized spacial score (nSPS) is 28.2. The molecule has 3 atom stereocenters. The number of benzene rings is 1. The van der Waals surface area contributed by atoms with Gasteiger partial charge in [-0.25, -0.2) is 0 Å². The summed E-state index contributed by atoms with van der Waals surface area (Å²) in [6.07, 6.45) is 6.24. The fourth-order valence-electron chi connectivity index (χ4n) is 7.01. The van der Waals surface area contributed by atoms with Gasteiger partial charge in [-0.05, 0) is 50.8 Å². The van der Waals surface area contributed by atoms with Gasteiger partial charge < -0.3 is 15.1 Å². The summed E-state index contributed by atoms with van der Waals surface area (Å²) in [5.41, 5.74) is 1.92. The lowest BCUT2D eigenvalue weighted by Gasteiger charge is -2.38. The van der Waals surface area contributed by atoms with Crippen LogP contribution in [-0.2, 0) is 33.4 Å². The van der Waals surface area contributed by atoms with E-state index in [0.717, 1.165) is 42.8 Å². The molecular formula is C27H34N6O3. The van der Waals surface area contributed by atoms with Crippen LogP contribution < -0.4 is 10.2 Å². The number of carbonyl (C=O) groups is 3. The highest BCUT2D eigenvalue weighted by molar-refractivity contribution is 6.11. The minimum atomic E-state index is -0.935. The minimum Gasteiger partial charge on any atom is -0.356 e. The van der Waals surface area contributed by atoms with Crippen LogP contribution in [0.2, 0.25) is 0 Å². The molecule has 4 aliphatic rings. The predicted molar refractivity (Wildman–Crippen MR) is 134 cm³/mol. The molecule has 0 saturated carbocycles. The van der Waals surface area contributed by atoms with Gasteiger partial charge in [-0.2, -0.15) is 5.10 Å². The maximum Gasteiger partial charge on any atom is 0.253 e. The number of anilines is 1. The molecule has 1 aromatic carbocycles. The molecule has 5 heterocycles. The Morgan fingerprint density at radius 1 is 1.11 bits per heavy atom. The lowest BCUT2D eigenvalue weighted by atomic mass is 9.78. The average Bonchev–Trinajstić information content (AvgIpc) is 3.62. The molecule has 36 heavy (non-hydrogen) atoms. The largest absolute Gasteiger partial charge is 0.356 e. The summed E-state index contributed by atoms with van der Waals surface area (Å²) in [6, 6.07) is 10.1. The Labute approximate surface area is 211 Å². The fraction of sp³-hybridized carbons (Fsp3) is 0.556. The number of fused-ring (bicyclic) bond motifs is 4. The Hall–Kier alpha value is -3.20. The van der Waals surface area contributed by atoms with Gasteiger partial charge in [0.2, 0.25) is 11.8 Å². The van der Waals surface area contributed by atoms with Crippen molar-refractivity contribution in [2.75, 3.05) is 37.6 Å². The molecule has 4 aliphatic heterocycles. The van der Waals surface area contributed by atoms with Gasteiger partial charge in [0.15, 0.2) is 0 Å². The first kappa shape index (κ1) is 23.2. The van der Waals surface area contributed by atoms with Crippen molar-refractivity contribution in [1.29, 1.82) is 0 Å². The molecule has 6 rings (SSSR count). The van der Waals surface area contributed by atoms with Gasteiger partial charge in [-0.15, -0.1) is 0 Å². The molecule has 2 bridgehead atoms. The van der Waals surface area contributed by atoms with Crippen LogP contribution in [0.1, 0.15) is 43.4 Å². The lowest BCUT2D eigenvalue weighted by Crippen LogP contribution is -2.57. The highest BCUT2D eigenvalue weighted by atomic mass is 16.2. The zero-order chi connectivity index (χ0) is 24.9. The van der Waals surface area contributed by atoms with E-state index in [4.69, 9.17) is 0 Å². The maximum atomic E-state index is 14.4. The molecule has 2 aromatic rings. The first-order valence-electron chi connectivity index (χ1n) is 13.2. The van der Waals surface area contributed by atoms with Gasteiger partial charge >= 0.3 is 0 Å². The van der Waals surface area contributed by atoms with E-state index in [0.29, 0.717) is 45.4 Å². The van der Waals surface area contributed by atoms with Crippen LogP contribution in [0.15, 0.2) is 36.5 Å². The van der Waals surface area contributed by atoms with Gasteiger partial charge in [-0.3, -0.25) is 24.0 Å². The van der Waals surface area contributed by atoms with Crippen molar-refractivity contribution in [3.63, 3.8) is 0 Å². The summed E-state index contributed by atoms with van der Waals surface area (Å²) in [5, 5.41) is 7.32. The Morgan fingerprint density at radius 2 is 1.97 bits per heavy atom. The SMILES string of the molecule is Cn1nccc1CCC(=O)N1CCCNC(=O)[C@@H]2C[C@@H]3CCCN3[C@@]23C(=O)N(CC1)c1ccccc13. The number of hydrogen-bond donors (Lipinski definition) is 1. The number of rotatable bonds is 3. The number of nitrogens with zero attached hydrogens (tertiary/aromatic N) is 5. The Balaban J connectivity index is 1.31. The van der Waals surface area contributed by atoms with Gasteiger partial charge in [-0.1, -0.05) is 18.2 Å². The first-order chi connectivity index (χ1) is 17.5. The number of aromatic nitrogens is 2. The van der Waals surface area contributed by atoms with E-state index in [9.17, 15) is 14.4 Å². The summed E-state index contributed by atoms with van der Waals surface area (Å²) < 4.78 is 1.79. The van der Waals surface area contributed by atoms with Crippen LogP contribution in [0, 0.1) is 5.92 Å². The van der Waals surface area contributed by atoms with Crippen LogP contribution in [0.25, 0.3) is 0 Å². The molecule has 1 spiro atoms. The number of amides is 3. The van der Waals surface area contributed by atoms with Gasteiger partial charge in [0.05, 0.1) is 5.92 Å². The van der Waals surface area contributed by atoms with Crippen molar-refractivity contribution in [2.45, 2.75) is 50.1 Å². The second kappa shape index (κ2) is 9.03. The molecule has 9 nitrogen and oxygen atoms in total. The van der Waals surface area contributed by atoms with Crippen LogP contribution in [0.5, 0.6) is 0 Å². The van der Waals surface area contributed by atoms with Crippen molar-refractivity contribution in [3.05, 3.63) is 47.8 Å². The maximum absolute atomic E-state index is 14.4. The van der Waals surface area contributed by atoms with Crippen molar-refractivity contribution in [1.82, 2.24) is 24.9 Å². The number of nitrogens with one attached hydrogen (secondary N) is 1. The Morgan fingerprint density at radius 3 is 2.81 bits per heavy atom. The fourth-order valence-corrected chi connectivity index (χ4v) is 7.01. The topological polar surface area (TPSA) is 90.8 Å². The van der Waals surface area contributed by atoms with Crippen molar-refractivity contribution in [2.24, 2.45) is 13.0 Å². The van der Waals surface area contributed by atoms with E-state index in [1.54, 1.807) is 10.9 Å². The summed E-state index contributed by atoms with van der Waals surface area (Å²) >= 11 is 0. The van der Waals surface area contributed by atoms with Crippen molar-refractivity contribution < 1.29 is 14.4 Å². The van der Waals surface area contributed by atoms with Crippen LogP contribution >= 0.6 is 0 Å². The molecule has 0 aliphatic carbocycles. The number of carbonyl (C=O) groups excluding carboxylic acids is 3. The molecule has 190 valence electrons. The van der Waals surface area contributed by atoms with Crippen molar-refractivity contribution in [3.8, 4) is 0 Å². The Kier molecular flexibility index (Phi) is 5.82. The standard InChI is InChI=1S/C27H34N6O3/c1-30-19(11-13-29-30)9-10-24(34)31-14-5-12-28-25(35)22-18-20-6-4-15-33(20)27(22)21-7-2-3-8-23(21)32(17-16-31)26(27)36/h2-3,7-8,11,13,20,22H,4-6,9-10,12,14-18H2,1H3,(H,28,35)/t20-,22-,27+/m0/s1. The first-order valence-corrected chi connectivity index (χ1v) is 13.2. The lowest BCUT2D eigenvalue weighted by molar-refractivity contribution is -0.139. The molecule has 1 N–H and O–H groups in total. The van der Waals surface area contributed by atoms with E-state index in [1.165, 1.54) is 0 Å². The summed E-state index contributed by atoms with van der Waals surface area (Å²) in [4.78, 5) is 47.2. The second-order valence-electron chi connectivity index (χ2n) is 10.5. The number of para-hydroxylation sites is 1. The molecule has 3 fully saturated rings. The molecule has 3 saturated heterocycles. The summed E-state index contributed by atoms with van der Waals surface area (Å²) in [5.74, 6) is -0.370. The van der Waals surface area contributed by atoms with Gasteiger partial charge in [0.25, 0.3) is 5.91 Å². The highest BCUT2D eigenvalue weighted by Crippen LogP contribution is 2.56. The van der Waals surface area contributed by atoms with Gasteiger partial charge in [0, 0.05) is 68.8 Å². The van der Waals surface area contributed by atoms with Crippen LogP contribution in [-0.4, -0.2) is 76.1 Å². The van der Waals surface area contributed by atoms with E-state index in [2.05, 4.69) is 15.3 Å². The third kappa shape index (κ3) is 3.47. The third-order valence-electron chi connectivity index (χ3n) is 8.70. The quantitative estimate of drug-likeness (QED) is 0.703. The monoisotopic (exact) mass is 490 g/mol. The summed E-state index contributed by atoms with van der Waals surface area (Å²) in [6.45, 7) is 2.80. The minimum absolute atomic E-state index is 0.00360. The second-order valence-corrected chi connectivity index (χ2v) is 10.5. The molecule has 0 radical (unpaired) electrons. The van der Waals surface area contributed by atoms with Crippen LogP contribution in [0.3, 0.4) is 0 Å². The molecule has 3 amide bonds. The number of aryl methyl sites for hydroxylation is 2. The van der Waals surface area contributed by atoms with Crippen LogP contribution in [0.4, 0.5) is 5.69 Å². The van der Waals surface area contributed by atoms with E-state index < -0.39 is 11.5 Å². The van der Waals surface area contributed by atoms with E-state index in [1.807, 2.05) is 47.2 Å². The average molecular weight is 491 g/mol. The smallest absolute Gasteiger partial charge is 0.253 e. The Bertz CT molecular complexity index is 1190. The predicted octanol–water partition coefficient (Wildman–Crippen LogP) is 1.43. The van der Waals surface area contributed by atoms with Gasteiger partial charge in [0.1, 0.15) is 5.54 Å². The zero-order valence-electron chi connectivity index (χ0n) is 20.9. The van der Waals surface area contributed by atoms with E-state index >= 15 is 0 Å². The number of hydrogen-bond acceptors (Lipinski definition) is 5. The van der Waals surface area contributed by atoms with Crippen molar-refractivity contribution >= 4 is 23.4 Å². The third-order valence-corrected chi connectivity index (χ3v) is 8.70.